The normalized spacial score (nSPS) is 20.6. The Morgan fingerprint density at radius 3 is 2.23 bits per heavy atom. The lowest BCUT2D eigenvalue weighted by molar-refractivity contribution is -0.146. The lowest BCUT2D eigenvalue weighted by Crippen LogP contribution is -2.46. The molecule has 2 fully saturated rings. The van der Waals surface area contributed by atoms with Gasteiger partial charge in [0.05, 0.1) is 12.5 Å². The standard InChI is InChI=1S/C27H30N2O6/c1-34-23(24(30)29-14-22(25(31)32)27(16-29)11-6-12-27)13-28-26(33)35-15-21-19-9-4-2-7-17(19)18-8-3-5-10-20(18)21/h2-5,7-10,21-23H,6,11-16H2,1H3,(H,28,33)(H,31,32). The second-order valence-corrected chi connectivity index (χ2v) is 9.76. The Hall–Kier alpha value is -3.39. The molecule has 1 saturated heterocycles. The topological polar surface area (TPSA) is 105 Å². The molecule has 3 aliphatic rings. The van der Waals surface area contributed by atoms with Gasteiger partial charge < -0.3 is 24.8 Å². The SMILES string of the molecule is COC(CNC(=O)OCC1c2ccccc2-c2ccccc21)C(=O)N1CC(C(=O)O)C2(CCC2)C1. The number of alkyl carbamates (subject to hydrolysis) is 1. The highest BCUT2D eigenvalue weighted by molar-refractivity contribution is 5.84. The number of carbonyl (C=O) groups excluding carboxylic acids is 2. The monoisotopic (exact) mass is 478 g/mol. The van der Waals surface area contributed by atoms with Gasteiger partial charge in [-0.1, -0.05) is 55.0 Å². The molecule has 2 aromatic rings. The van der Waals surface area contributed by atoms with Crippen LogP contribution in [0.5, 0.6) is 0 Å². The number of nitrogens with one attached hydrogen (secondary N) is 1. The van der Waals surface area contributed by atoms with Gasteiger partial charge in [-0.3, -0.25) is 9.59 Å². The molecule has 0 aromatic heterocycles. The average Bonchev–Trinajstić information content (AvgIpc) is 3.41. The Morgan fingerprint density at radius 1 is 1.09 bits per heavy atom. The number of benzene rings is 2. The molecule has 184 valence electrons. The van der Waals surface area contributed by atoms with Crippen molar-refractivity contribution in [2.75, 3.05) is 33.4 Å². The van der Waals surface area contributed by atoms with E-state index in [0.717, 1.165) is 41.5 Å². The molecule has 1 spiro atoms. The van der Waals surface area contributed by atoms with Crippen LogP contribution in [0.15, 0.2) is 48.5 Å². The van der Waals surface area contributed by atoms with Gasteiger partial charge >= 0.3 is 12.1 Å². The summed E-state index contributed by atoms with van der Waals surface area (Å²) >= 11 is 0. The number of carboxylic acids is 1. The number of fused-ring (bicyclic) bond motifs is 3. The first-order valence-corrected chi connectivity index (χ1v) is 12.1. The smallest absolute Gasteiger partial charge is 0.407 e. The van der Waals surface area contributed by atoms with E-state index in [0.29, 0.717) is 6.54 Å². The first kappa shape index (κ1) is 23.4. The van der Waals surface area contributed by atoms with Crippen LogP contribution in [0.2, 0.25) is 0 Å². The van der Waals surface area contributed by atoms with E-state index in [-0.39, 0.29) is 36.9 Å². The van der Waals surface area contributed by atoms with Crippen molar-refractivity contribution in [2.45, 2.75) is 31.3 Å². The summed E-state index contributed by atoms with van der Waals surface area (Å²) in [6.07, 6.45) is 1.11. The maximum Gasteiger partial charge on any atom is 0.407 e. The minimum Gasteiger partial charge on any atom is -0.481 e. The number of rotatable bonds is 7. The van der Waals surface area contributed by atoms with Crippen LogP contribution in [-0.4, -0.2) is 67.4 Å². The number of methoxy groups -OCH3 is 1. The third kappa shape index (κ3) is 4.16. The third-order valence-electron chi connectivity index (χ3n) is 7.94. The Bertz CT molecular complexity index is 1100. The van der Waals surface area contributed by atoms with Crippen LogP contribution in [0.25, 0.3) is 11.1 Å². The molecule has 2 atom stereocenters. The Morgan fingerprint density at radius 2 is 1.71 bits per heavy atom. The van der Waals surface area contributed by atoms with Crippen LogP contribution in [0, 0.1) is 11.3 Å². The van der Waals surface area contributed by atoms with Gasteiger partial charge in [-0.25, -0.2) is 4.79 Å². The van der Waals surface area contributed by atoms with Crippen molar-refractivity contribution >= 4 is 18.0 Å². The molecule has 0 radical (unpaired) electrons. The van der Waals surface area contributed by atoms with Gasteiger partial charge in [0.25, 0.3) is 5.91 Å². The van der Waals surface area contributed by atoms with Crippen LogP contribution >= 0.6 is 0 Å². The quantitative estimate of drug-likeness (QED) is 0.633. The summed E-state index contributed by atoms with van der Waals surface area (Å²) in [5, 5.41) is 12.3. The molecule has 2 amide bonds. The first-order chi connectivity index (χ1) is 16.9. The van der Waals surface area contributed by atoms with Crippen molar-refractivity contribution in [3.05, 3.63) is 59.7 Å². The zero-order chi connectivity index (χ0) is 24.6. The Labute approximate surface area is 204 Å². The van der Waals surface area contributed by atoms with E-state index in [1.807, 2.05) is 24.3 Å². The van der Waals surface area contributed by atoms with Gasteiger partial charge in [-0.2, -0.15) is 0 Å². The van der Waals surface area contributed by atoms with E-state index in [1.54, 1.807) is 4.90 Å². The molecule has 2 unspecified atom stereocenters. The maximum atomic E-state index is 13.0. The number of hydrogen-bond acceptors (Lipinski definition) is 5. The minimum atomic E-state index is -0.903. The van der Waals surface area contributed by atoms with E-state index in [1.165, 1.54) is 7.11 Å². The van der Waals surface area contributed by atoms with Gasteiger partial charge in [-0.05, 0) is 35.1 Å². The van der Waals surface area contributed by atoms with Crippen molar-refractivity contribution in [3.63, 3.8) is 0 Å². The first-order valence-electron chi connectivity index (χ1n) is 12.1. The number of carbonyl (C=O) groups is 3. The molecule has 1 aliphatic heterocycles. The summed E-state index contributed by atoms with van der Waals surface area (Å²) in [5.41, 5.74) is 4.23. The van der Waals surface area contributed by atoms with Crippen LogP contribution in [0.1, 0.15) is 36.3 Å². The molecule has 0 bridgehead atoms. The molecule has 8 heteroatoms. The number of aliphatic carboxylic acids is 1. The van der Waals surface area contributed by atoms with Crippen molar-refractivity contribution in [2.24, 2.45) is 11.3 Å². The number of amides is 2. The second-order valence-electron chi connectivity index (χ2n) is 9.76. The molecule has 2 N–H and O–H groups in total. The fraction of sp³-hybridized carbons (Fsp3) is 0.444. The van der Waals surface area contributed by atoms with Crippen molar-refractivity contribution in [1.82, 2.24) is 10.2 Å². The highest BCUT2D eigenvalue weighted by Crippen LogP contribution is 2.52. The van der Waals surface area contributed by atoms with Gasteiger partial charge in [0, 0.05) is 31.5 Å². The molecule has 8 nitrogen and oxygen atoms in total. The number of likely N-dealkylation sites (tertiary alicyclic amines) is 1. The van der Waals surface area contributed by atoms with Gasteiger partial charge in [-0.15, -0.1) is 0 Å². The van der Waals surface area contributed by atoms with Gasteiger partial charge in [0.2, 0.25) is 0 Å². The molecule has 1 saturated carbocycles. The molecular formula is C27H30N2O6. The predicted octanol–water partition coefficient (Wildman–Crippen LogP) is 3.25. The third-order valence-corrected chi connectivity index (χ3v) is 7.94. The van der Waals surface area contributed by atoms with Crippen LogP contribution < -0.4 is 5.32 Å². The zero-order valence-electron chi connectivity index (χ0n) is 19.7. The molecule has 2 aliphatic carbocycles. The molecular weight excluding hydrogens is 448 g/mol. The average molecular weight is 479 g/mol. The van der Waals surface area contributed by atoms with E-state index in [4.69, 9.17) is 9.47 Å². The lowest BCUT2D eigenvalue weighted by Gasteiger charge is -2.41. The van der Waals surface area contributed by atoms with Crippen LogP contribution in [0.3, 0.4) is 0 Å². The summed E-state index contributed by atoms with van der Waals surface area (Å²) in [7, 11) is 1.41. The Kier molecular flexibility index (Phi) is 6.23. The summed E-state index contributed by atoms with van der Waals surface area (Å²) in [5.74, 6) is -1.76. The lowest BCUT2D eigenvalue weighted by atomic mass is 9.63. The van der Waals surface area contributed by atoms with Crippen LogP contribution in [-0.2, 0) is 19.1 Å². The van der Waals surface area contributed by atoms with E-state index in [2.05, 4.69) is 29.6 Å². The number of ether oxygens (including phenoxy) is 2. The summed E-state index contributed by atoms with van der Waals surface area (Å²) in [6.45, 7) is 0.736. The fourth-order valence-corrected chi connectivity index (χ4v) is 5.91. The number of nitrogens with zero attached hydrogens (tertiary/aromatic N) is 1. The zero-order valence-corrected chi connectivity index (χ0v) is 19.7. The highest BCUT2D eigenvalue weighted by Gasteiger charge is 2.55. The van der Waals surface area contributed by atoms with Crippen molar-refractivity contribution in [3.8, 4) is 11.1 Å². The predicted molar refractivity (Wildman–Crippen MR) is 128 cm³/mol. The van der Waals surface area contributed by atoms with Gasteiger partial charge in [0.15, 0.2) is 6.10 Å². The van der Waals surface area contributed by atoms with E-state index >= 15 is 0 Å². The molecule has 2 aromatic carbocycles. The van der Waals surface area contributed by atoms with E-state index in [9.17, 15) is 19.5 Å². The Balaban J connectivity index is 1.17. The molecule has 5 rings (SSSR count). The summed E-state index contributed by atoms with van der Waals surface area (Å²) in [4.78, 5) is 38.8. The van der Waals surface area contributed by atoms with Gasteiger partial charge in [0.1, 0.15) is 6.61 Å². The summed E-state index contributed by atoms with van der Waals surface area (Å²) < 4.78 is 10.9. The number of carboxylic acid groups (broad SMARTS) is 1. The number of hydrogen-bond donors (Lipinski definition) is 2. The van der Waals surface area contributed by atoms with Crippen molar-refractivity contribution < 1.29 is 29.0 Å². The highest BCUT2D eigenvalue weighted by atomic mass is 16.5. The van der Waals surface area contributed by atoms with E-state index < -0.39 is 24.1 Å². The largest absolute Gasteiger partial charge is 0.481 e. The fourth-order valence-electron chi connectivity index (χ4n) is 5.91. The molecule has 1 heterocycles. The van der Waals surface area contributed by atoms with Crippen LogP contribution in [0.4, 0.5) is 4.79 Å². The van der Waals surface area contributed by atoms with Crippen molar-refractivity contribution in [1.29, 1.82) is 0 Å². The maximum absolute atomic E-state index is 13.0. The molecule has 35 heavy (non-hydrogen) atoms. The minimum absolute atomic E-state index is 0.0484. The second kappa shape index (κ2) is 9.34. The summed E-state index contributed by atoms with van der Waals surface area (Å²) in [6, 6.07) is 16.2.